The van der Waals surface area contributed by atoms with E-state index in [1.807, 2.05) is 30.3 Å². The summed E-state index contributed by atoms with van der Waals surface area (Å²) in [7, 11) is 0. The second-order valence-electron chi connectivity index (χ2n) is 5.78. The summed E-state index contributed by atoms with van der Waals surface area (Å²) in [6.45, 7) is 1.46. The van der Waals surface area contributed by atoms with Crippen molar-refractivity contribution in [1.29, 1.82) is 0 Å². The van der Waals surface area contributed by atoms with Gasteiger partial charge in [-0.3, -0.25) is 4.79 Å². The highest BCUT2D eigenvalue weighted by Gasteiger charge is 2.04. The van der Waals surface area contributed by atoms with E-state index in [1.54, 1.807) is 48.5 Å². The Balaban J connectivity index is 1.55. The Hall–Kier alpha value is -3.80. The molecule has 0 spiro atoms. The van der Waals surface area contributed by atoms with E-state index in [0.717, 1.165) is 5.69 Å². The van der Waals surface area contributed by atoms with Crippen molar-refractivity contribution in [3.8, 4) is 11.5 Å². The monoisotopic (exact) mass is 361 g/mol. The van der Waals surface area contributed by atoms with Gasteiger partial charge in [0.2, 0.25) is 5.91 Å². The lowest BCUT2D eigenvalue weighted by molar-refractivity contribution is -0.114. The minimum Gasteiger partial charge on any atom is -0.457 e. The average molecular weight is 361 g/mol. The fourth-order valence-electron chi connectivity index (χ4n) is 2.37. The number of hydrogen-bond donors (Lipinski definition) is 3. The fraction of sp³-hybridized carbons (Fsp3) is 0.0476. The van der Waals surface area contributed by atoms with Crippen LogP contribution in [0.2, 0.25) is 0 Å². The Morgan fingerprint density at radius 1 is 0.630 bits per heavy atom. The molecule has 0 heterocycles. The number of anilines is 3. The summed E-state index contributed by atoms with van der Waals surface area (Å²) in [5, 5.41) is 8.21. The molecule has 6 heteroatoms. The minimum atomic E-state index is -0.316. The smallest absolute Gasteiger partial charge is 0.323 e. The number of amides is 3. The van der Waals surface area contributed by atoms with E-state index < -0.39 is 0 Å². The Morgan fingerprint density at radius 3 is 1.56 bits per heavy atom. The van der Waals surface area contributed by atoms with Crippen molar-refractivity contribution >= 4 is 29.0 Å². The van der Waals surface area contributed by atoms with Crippen LogP contribution in [0.1, 0.15) is 6.92 Å². The normalized spacial score (nSPS) is 9.96. The van der Waals surface area contributed by atoms with E-state index in [4.69, 9.17) is 4.74 Å². The van der Waals surface area contributed by atoms with Crippen molar-refractivity contribution in [3.05, 3.63) is 78.9 Å². The second kappa shape index (κ2) is 8.53. The van der Waals surface area contributed by atoms with E-state index >= 15 is 0 Å². The van der Waals surface area contributed by atoms with E-state index in [0.29, 0.717) is 22.9 Å². The van der Waals surface area contributed by atoms with Gasteiger partial charge in [-0.05, 0) is 60.7 Å². The van der Waals surface area contributed by atoms with Crippen LogP contribution in [0.4, 0.5) is 21.9 Å². The molecule has 3 aromatic carbocycles. The molecule has 0 aliphatic rings. The predicted molar refractivity (Wildman–Crippen MR) is 106 cm³/mol. The van der Waals surface area contributed by atoms with Crippen LogP contribution in [0, 0.1) is 0 Å². The first-order valence-corrected chi connectivity index (χ1v) is 8.37. The molecule has 3 aromatic rings. The maximum atomic E-state index is 12.0. The minimum absolute atomic E-state index is 0.122. The largest absolute Gasteiger partial charge is 0.457 e. The van der Waals surface area contributed by atoms with Gasteiger partial charge in [0.15, 0.2) is 0 Å². The number of ether oxygens (including phenoxy) is 1. The zero-order chi connectivity index (χ0) is 19.1. The maximum absolute atomic E-state index is 12.0. The first kappa shape index (κ1) is 18.0. The molecule has 3 amide bonds. The van der Waals surface area contributed by atoms with Gasteiger partial charge in [0.05, 0.1) is 0 Å². The topological polar surface area (TPSA) is 79.5 Å². The number of benzene rings is 3. The Bertz CT molecular complexity index is 908. The van der Waals surface area contributed by atoms with Gasteiger partial charge in [-0.15, -0.1) is 0 Å². The molecule has 0 aliphatic carbocycles. The third kappa shape index (κ3) is 5.61. The van der Waals surface area contributed by atoms with Gasteiger partial charge in [0.25, 0.3) is 0 Å². The number of carbonyl (C=O) groups is 2. The van der Waals surface area contributed by atoms with Crippen LogP contribution in [-0.2, 0) is 4.79 Å². The third-order valence-electron chi connectivity index (χ3n) is 3.55. The van der Waals surface area contributed by atoms with Crippen LogP contribution in [0.25, 0.3) is 0 Å². The van der Waals surface area contributed by atoms with Gasteiger partial charge >= 0.3 is 6.03 Å². The molecular formula is C21H19N3O3. The Kier molecular flexibility index (Phi) is 5.69. The molecule has 0 atom stereocenters. The predicted octanol–water partition coefficient (Wildman–Crippen LogP) is 5.08. The van der Waals surface area contributed by atoms with Crippen LogP contribution in [-0.4, -0.2) is 11.9 Å². The summed E-state index contributed by atoms with van der Waals surface area (Å²) >= 11 is 0. The van der Waals surface area contributed by atoms with Crippen molar-refractivity contribution in [2.75, 3.05) is 16.0 Å². The summed E-state index contributed by atoms with van der Waals surface area (Å²) in [5.74, 6) is 1.16. The SMILES string of the molecule is CC(=O)Nc1ccc(Oc2ccc(NC(=O)Nc3ccccc3)cc2)cc1. The molecule has 27 heavy (non-hydrogen) atoms. The van der Waals surface area contributed by atoms with Crippen LogP contribution in [0.3, 0.4) is 0 Å². The van der Waals surface area contributed by atoms with E-state index in [2.05, 4.69) is 16.0 Å². The zero-order valence-corrected chi connectivity index (χ0v) is 14.7. The lowest BCUT2D eigenvalue weighted by Gasteiger charge is -2.10. The average Bonchev–Trinajstić information content (AvgIpc) is 2.65. The van der Waals surface area contributed by atoms with Gasteiger partial charge in [0.1, 0.15) is 11.5 Å². The number of carbonyl (C=O) groups excluding carboxylic acids is 2. The quantitative estimate of drug-likeness (QED) is 0.593. The fourth-order valence-corrected chi connectivity index (χ4v) is 2.37. The molecule has 0 aromatic heterocycles. The van der Waals surface area contributed by atoms with E-state index in [-0.39, 0.29) is 11.9 Å². The van der Waals surface area contributed by atoms with Crippen LogP contribution in [0.5, 0.6) is 11.5 Å². The summed E-state index contributed by atoms with van der Waals surface area (Å²) in [5.41, 5.74) is 2.08. The number of urea groups is 1. The Morgan fingerprint density at radius 2 is 1.07 bits per heavy atom. The summed E-state index contributed by atoms with van der Waals surface area (Å²) in [4.78, 5) is 23.0. The molecule has 0 saturated heterocycles. The number of hydrogen-bond acceptors (Lipinski definition) is 3. The molecular weight excluding hydrogens is 342 g/mol. The van der Waals surface area contributed by atoms with Crippen molar-refractivity contribution in [2.24, 2.45) is 0 Å². The van der Waals surface area contributed by atoms with Gasteiger partial charge < -0.3 is 20.7 Å². The van der Waals surface area contributed by atoms with Crippen molar-refractivity contribution in [2.45, 2.75) is 6.92 Å². The van der Waals surface area contributed by atoms with Gasteiger partial charge in [-0.25, -0.2) is 4.79 Å². The maximum Gasteiger partial charge on any atom is 0.323 e. The van der Waals surface area contributed by atoms with E-state index in [9.17, 15) is 9.59 Å². The molecule has 136 valence electrons. The summed E-state index contributed by atoms with van der Waals surface area (Å²) < 4.78 is 5.75. The van der Waals surface area contributed by atoms with E-state index in [1.165, 1.54) is 6.92 Å². The highest BCUT2D eigenvalue weighted by atomic mass is 16.5. The number of rotatable bonds is 5. The molecule has 0 fully saturated rings. The van der Waals surface area contributed by atoms with Crippen LogP contribution < -0.4 is 20.7 Å². The first-order chi connectivity index (χ1) is 13.1. The Labute approximate surface area is 157 Å². The molecule has 3 N–H and O–H groups in total. The molecule has 0 aliphatic heterocycles. The lowest BCUT2D eigenvalue weighted by atomic mass is 10.3. The molecule has 0 saturated carbocycles. The third-order valence-corrected chi connectivity index (χ3v) is 3.55. The van der Waals surface area contributed by atoms with Crippen LogP contribution in [0.15, 0.2) is 78.9 Å². The standard InChI is InChI=1S/C21H19N3O3/c1-15(25)22-17-7-11-19(12-8-17)27-20-13-9-18(10-14-20)24-21(26)23-16-5-3-2-4-6-16/h2-14H,1H3,(H,22,25)(H2,23,24,26). The summed E-state index contributed by atoms with van der Waals surface area (Å²) in [6.07, 6.45) is 0. The van der Waals surface area contributed by atoms with Gasteiger partial charge in [-0.2, -0.15) is 0 Å². The first-order valence-electron chi connectivity index (χ1n) is 8.37. The highest BCUT2D eigenvalue weighted by molar-refractivity contribution is 5.99. The summed E-state index contributed by atoms with van der Waals surface area (Å²) in [6, 6.07) is 23.0. The van der Waals surface area contributed by atoms with Crippen LogP contribution >= 0.6 is 0 Å². The molecule has 0 radical (unpaired) electrons. The second-order valence-corrected chi connectivity index (χ2v) is 5.78. The number of nitrogens with one attached hydrogen (secondary N) is 3. The van der Waals surface area contributed by atoms with Gasteiger partial charge in [-0.1, -0.05) is 18.2 Å². The molecule has 3 rings (SSSR count). The molecule has 6 nitrogen and oxygen atoms in total. The van der Waals surface area contributed by atoms with Crippen molar-refractivity contribution in [3.63, 3.8) is 0 Å². The highest BCUT2D eigenvalue weighted by Crippen LogP contribution is 2.24. The number of para-hydroxylation sites is 1. The van der Waals surface area contributed by atoms with Crippen molar-refractivity contribution < 1.29 is 14.3 Å². The molecule has 0 bridgehead atoms. The lowest BCUT2D eigenvalue weighted by Crippen LogP contribution is -2.19. The molecule has 0 unspecified atom stereocenters. The van der Waals surface area contributed by atoms with Gasteiger partial charge in [0, 0.05) is 24.0 Å². The zero-order valence-electron chi connectivity index (χ0n) is 14.7. The van der Waals surface area contributed by atoms with Crippen molar-refractivity contribution in [1.82, 2.24) is 0 Å².